The highest BCUT2D eigenvalue weighted by atomic mass is 32.2. The van der Waals surface area contributed by atoms with E-state index in [0.717, 1.165) is 27.6 Å². The Bertz CT molecular complexity index is 1420. The van der Waals surface area contributed by atoms with Gasteiger partial charge in [-0.05, 0) is 34.9 Å². The molecule has 4 aromatic rings. The van der Waals surface area contributed by atoms with Crippen LogP contribution in [-0.4, -0.2) is 27.9 Å². The maximum atomic E-state index is 12.5. The molecule has 2 heterocycles. The quantitative estimate of drug-likeness (QED) is 0.295. The summed E-state index contributed by atoms with van der Waals surface area (Å²) in [6.45, 7) is 4.19. The Labute approximate surface area is 180 Å². The van der Waals surface area contributed by atoms with E-state index in [1.807, 2.05) is 18.2 Å². The molecule has 30 heavy (non-hydrogen) atoms. The van der Waals surface area contributed by atoms with Crippen molar-refractivity contribution in [3.05, 3.63) is 53.0 Å². The molecule has 0 saturated heterocycles. The molecule has 0 aliphatic carbocycles. The lowest BCUT2D eigenvalue weighted by Crippen LogP contribution is -2.02. The van der Waals surface area contributed by atoms with Gasteiger partial charge in [0.25, 0.3) is 0 Å². The third-order valence-corrected chi connectivity index (χ3v) is 6.55. The van der Waals surface area contributed by atoms with Crippen LogP contribution < -0.4 is 5.73 Å². The molecule has 2 aromatic carbocycles. The SMILES string of the molecule is CC(C)c1nc(N=S(C)(C)=O)c2cc(N)c(C=N)cc2c1-c1csc2ccccc12. The lowest BCUT2D eigenvalue weighted by molar-refractivity contribution is 0.684. The third kappa shape index (κ3) is 3.59. The molecule has 0 amide bonds. The van der Waals surface area contributed by atoms with E-state index in [0.29, 0.717) is 17.1 Å². The summed E-state index contributed by atoms with van der Waals surface area (Å²) in [7, 11) is -2.41. The fourth-order valence-electron chi connectivity index (χ4n) is 3.67. The fraction of sp³-hybridized carbons (Fsp3) is 0.217. The van der Waals surface area contributed by atoms with Crippen molar-refractivity contribution < 1.29 is 4.21 Å². The topological polar surface area (TPSA) is 92.2 Å². The van der Waals surface area contributed by atoms with Gasteiger partial charge < -0.3 is 11.1 Å². The monoisotopic (exact) mass is 436 g/mol. The van der Waals surface area contributed by atoms with Crippen LogP contribution in [0.1, 0.15) is 31.0 Å². The van der Waals surface area contributed by atoms with Gasteiger partial charge in [0.05, 0.1) is 5.69 Å². The standard InChI is InChI=1S/C23H24N4OS2/c1-13(2)22-21(18-12-29-20-8-6-5-7-15(18)20)16-9-14(11-24)19(25)10-17(16)23(26-22)27-30(3,4)28/h5-13,24H,25H2,1-4H3. The van der Waals surface area contributed by atoms with Crippen LogP contribution in [0, 0.1) is 5.41 Å². The number of benzene rings is 2. The summed E-state index contributed by atoms with van der Waals surface area (Å²) >= 11 is 1.70. The number of nitrogens with zero attached hydrogens (tertiary/aromatic N) is 2. The van der Waals surface area contributed by atoms with Crippen molar-refractivity contribution in [2.45, 2.75) is 19.8 Å². The number of hydrogen-bond acceptors (Lipinski definition) is 6. The Kier molecular flexibility index (Phi) is 5.11. The van der Waals surface area contributed by atoms with Crippen LogP contribution in [0.3, 0.4) is 0 Å². The molecule has 7 heteroatoms. The molecule has 2 aromatic heterocycles. The zero-order chi connectivity index (χ0) is 21.6. The van der Waals surface area contributed by atoms with E-state index < -0.39 is 9.73 Å². The van der Waals surface area contributed by atoms with Crippen LogP contribution in [0.15, 0.2) is 46.1 Å². The number of hydrogen-bond donors (Lipinski definition) is 2. The van der Waals surface area contributed by atoms with Gasteiger partial charge in [-0.1, -0.05) is 32.0 Å². The fourth-order valence-corrected chi connectivity index (χ4v) is 5.18. The first-order chi connectivity index (χ1) is 14.2. The van der Waals surface area contributed by atoms with Gasteiger partial charge in [0.2, 0.25) is 0 Å². The van der Waals surface area contributed by atoms with Crippen molar-refractivity contribution in [1.29, 1.82) is 5.41 Å². The molecular weight excluding hydrogens is 412 g/mol. The Hall–Kier alpha value is -2.77. The van der Waals surface area contributed by atoms with E-state index >= 15 is 0 Å². The van der Waals surface area contributed by atoms with Gasteiger partial charge in [0.15, 0.2) is 5.82 Å². The number of aromatic nitrogens is 1. The molecule has 0 fully saturated rings. The summed E-state index contributed by atoms with van der Waals surface area (Å²) in [5, 5.41) is 12.8. The molecular formula is C23H24N4OS2. The molecule has 0 aliphatic rings. The van der Waals surface area contributed by atoms with Crippen LogP contribution in [0.25, 0.3) is 32.0 Å². The summed E-state index contributed by atoms with van der Waals surface area (Å²) in [6.07, 6.45) is 4.47. The van der Waals surface area contributed by atoms with E-state index in [9.17, 15) is 4.21 Å². The van der Waals surface area contributed by atoms with Crippen molar-refractivity contribution >= 4 is 59.6 Å². The lowest BCUT2D eigenvalue weighted by Gasteiger charge is -2.18. The summed E-state index contributed by atoms with van der Waals surface area (Å²) in [5.74, 6) is 0.568. The summed E-state index contributed by atoms with van der Waals surface area (Å²) in [6, 6.07) is 12.0. The third-order valence-electron chi connectivity index (χ3n) is 4.97. The number of fused-ring (bicyclic) bond motifs is 2. The Balaban J connectivity index is 2.24. The minimum atomic E-state index is -2.41. The highest BCUT2D eigenvalue weighted by Crippen LogP contribution is 2.44. The zero-order valence-corrected chi connectivity index (χ0v) is 19.0. The maximum absolute atomic E-state index is 12.5. The van der Waals surface area contributed by atoms with Crippen molar-refractivity contribution in [3.63, 3.8) is 0 Å². The van der Waals surface area contributed by atoms with Crippen molar-refractivity contribution in [3.8, 4) is 11.1 Å². The summed E-state index contributed by atoms with van der Waals surface area (Å²) < 4.78 is 18.2. The molecule has 0 atom stereocenters. The molecule has 0 saturated carbocycles. The minimum Gasteiger partial charge on any atom is -0.398 e. The first kappa shape index (κ1) is 20.5. The number of anilines is 1. The van der Waals surface area contributed by atoms with E-state index in [4.69, 9.17) is 16.1 Å². The van der Waals surface area contributed by atoms with Crippen LogP contribution in [0.5, 0.6) is 0 Å². The van der Waals surface area contributed by atoms with Crippen LogP contribution in [0.2, 0.25) is 0 Å². The average molecular weight is 437 g/mol. The van der Waals surface area contributed by atoms with E-state index in [1.165, 1.54) is 16.3 Å². The smallest absolute Gasteiger partial charge is 0.169 e. The van der Waals surface area contributed by atoms with Gasteiger partial charge in [0.1, 0.15) is 0 Å². The minimum absolute atomic E-state index is 0.128. The van der Waals surface area contributed by atoms with Crippen molar-refractivity contribution in [2.24, 2.45) is 4.36 Å². The highest BCUT2D eigenvalue weighted by molar-refractivity contribution is 7.92. The average Bonchev–Trinajstić information content (AvgIpc) is 3.10. The van der Waals surface area contributed by atoms with E-state index in [2.05, 4.69) is 35.7 Å². The molecule has 0 bridgehead atoms. The number of rotatable bonds is 4. The first-order valence-corrected chi connectivity index (χ1v) is 12.8. The number of nitrogen functional groups attached to an aromatic ring is 1. The molecule has 0 unspecified atom stereocenters. The van der Waals surface area contributed by atoms with Crippen LogP contribution >= 0.6 is 11.3 Å². The van der Waals surface area contributed by atoms with E-state index in [1.54, 1.807) is 29.9 Å². The molecule has 154 valence electrons. The second-order valence-corrected chi connectivity index (χ2v) is 11.4. The number of nitrogens with one attached hydrogen (secondary N) is 1. The van der Waals surface area contributed by atoms with Crippen molar-refractivity contribution in [1.82, 2.24) is 4.98 Å². The predicted octanol–water partition coefficient (Wildman–Crippen LogP) is 6.18. The maximum Gasteiger partial charge on any atom is 0.169 e. The molecule has 3 N–H and O–H groups in total. The van der Waals surface area contributed by atoms with Gasteiger partial charge in [-0.2, -0.15) is 4.36 Å². The van der Waals surface area contributed by atoms with Crippen LogP contribution in [0.4, 0.5) is 11.5 Å². The zero-order valence-electron chi connectivity index (χ0n) is 17.4. The molecule has 0 radical (unpaired) electrons. The lowest BCUT2D eigenvalue weighted by atomic mass is 9.91. The molecule has 5 nitrogen and oxygen atoms in total. The Morgan fingerprint density at radius 3 is 2.57 bits per heavy atom. The molecule has 0 spiro atoms. The van der Waals surface area contributed by atoms with Crippen molar-refractivity contribution in [2.75, 3.05) is 18.2 Å². The second-order valence-electron chi connectivity index (χ2n) is 7.94. The molecule has 4 rings (SSSR count). The molecule has 0 aliphatic heterocycles. The van der Waals surface area contributed by atoms with E-state index in [-0.39, 0.29) is 5.92 Å². The Morgan fingerprint density at radius 2 is 1.90 bits per heavy atom. The van der Waals surface area contributed by atoms with Gasteiger partial charge in [-0.25, -0.2) is 9.19 Å². The highest BCUT2D eigenvalue weighted by Gasteiger charge is 2.21. The van der Waals surface area contributed by atoms with Gasteiger partial charge in [-0.3, -0.25) is 0 Å². The summed E-state index contributed by atoms with van der Waals surface area (Å²) in [4.78, 5) is 4.89. The second kappa shape index (κ2) is 7.49. The van der Waals surface area contributed by atoms with Gasteiger partial charge in [0, 0.05) is 66.3 Å². The number of pyridine rings is 1. The van der Waals surface area contributed by atoms with Gasteiger partial charge >= 0.3 is 0 Å². The number of nitrogens with two attached hydrogens (primary N) is 1. The predicted molar refractivity (Wildman–Crippen MR) is 131 cm³/mol. The largest absolute Gasteiger partial charge is 0.398 e. The van der Waals surface area contributed by atoms with Crippen LogP contribution in [-0.2, 0) is 9.73 Å². The summed E-state index contributed by atoms with van der Waals surface area (Å²) in [5.41, 5.74) is 10.4. The number of thiophene rings is 1. The van der Waals surface area contributed by atoms with Gasteiger partial charge in [-0.15, -0.1) is 11.3 Å². The Morgan fingerprint density at radius 1 is 1.17 bits per heavy atom. The first-order valence-electron chi connectivity index (χ1n) is 9.61. The normalized spacial score (nSPS) is 12.0.